The average Bonchev–Trinajstić information content (AvgIpc) is 2.21. The Bertz CT molecular complexity index is 365. The van der Waals surface area contributed by atoms with Crippen LogP contribution in [0.25, 0.3) is 0 Å². The van der Waals surface area contributed by atoms with Crippen molar-refractivity contribution in [3.63, 3.8) is 0 Å². The molecule has 1 aliphatic rings. The fourth-order valence-corrected chi connectivity index (χ4v) is 1.95. The molecular formula is C12H18O7. The molecule has 19 heavy (non-hydrogen) atoms. The summed E-state index contributed by atoms with van der Waals surface area (Å²) in [6, 6.07) is 0. The number of carbonyl (C=O) groups excluding carboxylic acids is 3. The first-order valence-electron chi connectivity index (χ1n) is 5.96. The van der Waals surface area contributed by atoms with Gasteiger partial charge >= 0.3 is 17.9 Å². The predicted molar refractivity (Wildman–Crippen MR) is 61.8 cm³/mol. The first-order valence-corrected chi connectivity index (χ1v) is 5.96. The molecule has 1 heterocycles. The number of esters is 3. The Morgan fingerprint density at radius 3 is 1.95 bits per heavy atom. The Balaban J connectivity index is 2.77. The Morgan fingerprint density at radius 2 is 1.47 bits per heavy atom. The zero-order valence-electron chi connectivity index (χ0n) is 11.4. The quantitative estimate of drug-likeness (QED) is 0.548. The van der Waals surface area contributed by atoms with E-state index in [-0.39, 0.29) is 6.42 Å². The highest BCUT2D eigenvalue weighted by molar-refractivity contribution is 5.67. The molecule has 7 nitrogen and oxygen atoms in total. The van der Waals surface area contributed by atoms with E-state index in [1.54, 1.807) is 6.92 Å². The second-order valence-corrected chi connectivity index (χ2v) is 4.34. The Morgan fingerprint density at radius 1 is 0.947 bits per heavy atom. The van der Waals surface area contributed by atoms with Crippen molar-refractivity contribution < 1.29 is 33.3 Å². The van der Waals surface area contributed by atoms with Crippen molar-refractivity contribution in [2.24, 2.45) is 0 Å². The maximum atomic E-state index is 11.1. The molecule has 108 valence electrons. The van der Waals surface area contributed by atoms with Crippen LogP contribution < -0.4 is 0 Å². The second kappa shape index (κ2) is 6.51. The van der Waals surface area contributed by atoms with Gasteiger partial charge in [0, 0.05) is 20.8 Å². The van der Waals surface area contributed by atoms with Crippen LogP contribution >= 0.6 is 0 Å². The molecule has 0 aliphatic carbocycles. The van der Waals surface area contributed by atoms with E-state index in [0.29, 0.717) is 0 Å². The van der Waals surface area contributed by atoms with E-state index in [0.717, 1.165) is 0 Å². The zero-order valence-corrected chi connectivity index (χ0v) is 11.4. The molecule has 1 aliphatic heterocycles. The second-order valence-electron chi connectivity index (χ2n) is 4.34. The topological polar surface area (TPSA) is 88.1 Å². The van der Waals surface area contributed by atoms with Crippen LogP contribution in [0.4, 0.5) is 0 Å². The van der Waals surface area contributed by atoms with E-state index in [9.17, 15) is 14.4 Å². The molecule has 7 heteroatoms. The van der Waals surface area contributed by atoms with Gasteiger partial charge in [-0.15, -0.1) is 0 Å². The highest BCUT2D eigenvalue weighted by Crippen LogP contribution is 2.26. The molecule has 0 saturated carbocycles. The van der Waals surface area contributed by atoms with E-state index in [2.05, 4.69) is 0 Å². The Hall–Kier alpha value is -1.63. The molecule has 4 atom stereocenters. The molecule has 0 radical (unpaired) electrons. The van der Waals surface area contributed by atoms with Crippen molar-refractivity contribution >= 4 is 17.9 Å². The lowest BCUT2D eigenvalue weighted by Crippen LogP contribution is -2.51. The molecule has 1 saturated heterocycles. The van der Waals surface area contributed by atoms with E-state index in [4.69, 9.17) is 18.9 Å². The molecule has 1 rings (SSSR count). The Kier molecular flexibility index (Phi) is 5.29. The number of carbonyl (C=O) groups is 3. The fraction of sp³-hybridized carbons (Fsp3) is 0.750. The molecule has 0 bridgehead atoms. The van der Waals surface area contributed by atoms with Crippen LogP contribution in [0.2, 0.25) is 0 Å². The highest BCUT2D eigenvalue weighted by atomic mass is 16.7. The molecule has 0 spiro atoms. The van der Waals surface area contributed by atoms with Crippen LogP contribution in [0, 0.1) is 0 Å². The maximum absolute atomic E-state index is 11.1. The third-order valence-corrected chi connectivity index (χ3v) is 2.54. The minimum atomic E-state index is -0.816. The van der Waals surface area contributed by atoms with E-state index in [1.807, 2.05) is 0 Å². The first-order chi connectivity index (χ1) is 8.79. The molecule has 1 fully saturated rings. The van der Waals surface area contributed by atoms with Crippen molar-refractivity contribution in [3.8, 4) is 0 Å². The average molecular weight is 274 g/mol. The predicted octanol–water partition coefficient (Wildman–Crippen LogP) is 0.548. The molecule has 0 aromatic rings. The summed E-state index contributed by atoms with van der Waals surface area (Å²) in [4.78, 5) is 33.0. The van der Waals surface area contributed by atoms with Gasteiger partial charge in [0.2, 0.25) is 6.29 Å². The lowest BCUT2D eigenvalue weighted by Gasteiger charge is -2.38. The van der Waals surface area contributed by atoms with Crippen LogP contribution in [0.3, 0.4) is 0 Å². The monoisotopic (exact) mass is 274 g/mol. The number of rotatable bonds is 3. The van der Waals surface area contributed by atoms with Crippen LogP contribution in [0.5, 0.6) is 0 Å². The van der Waals surface area contributed by atoms with Gasteiger partial charge in [0.05, 0.1) is 12.5 Å². The largest absolute Gasteiger partial charge is 0.458 e. The molecule has 0 aromatic heterocycles. The number of ether oxygens (including phenoxy) is 4. The standard InChI is InChI=1S/C12H18O7/c1-6-12(19-9(4)15)10(17-7(2)13)5-11(16-6)18-8(3)14/h6,10-12H,5H2,1-4H3/t6-,10-,11-,12+/m0/s1. The lowest BCUT2D eigenvalue weighted by molar-refractivity contribution is -0.250. The van der Waals surface area contributed by atoms with Gasteiger partial charge in [0.1, 0.15) is 6.10 Å². The van der Waals surface area contributed by atoms with Gasteiger partial charge in [-0.2, -0.15) is 0 Å². The summed E-state index contributed by atoms with van der Waals surface area (Å²) in [5.41, 5.74) is 0. The van der Waals surface area contributed by atoms with Crippen LogP contribution in [0.15, 0.2) is 0 Å². The minimum absolute atomic E-state index is 0.126. The van der Waals surface area contributed by atoms with Gasteiger partial charge in [-0.3, -0.25) is 14.4 Å². The van der Waals surface area contributed by atoms with E-state index < -0.39 is 42.5 Å². The number of hydrogen-bond acceptors (Lipinski definition) is 7. The van der Waals surface area contributed by atoms with Gasteiger partial charge in [-0.05, 0) is 6.92 Å². The zero-order chi connectivity index (χ0) is 14.6. The summed E-state index contributed by atoms with van der Waals surface area (Å²) < 4.78 is 20.5. The van der Waals surface area contributed by atoms with Crippen molar-refractivity contribution in [2.45, 2.75) is 58.7 Å². The summed E-state index contributed by atoms with van der Waals surface area (Å²) in [6.45, 7) is 5.42. The van der Waals surface area contributed by atoms with Gasteiger partial charge in [0.25, 0.3) is 0 Å². The normalized spacial score (nSPS) is 30.3. The SMILES string of the molecule is CC(=O)O[C@H]1C[C@H](OC(C)=O)[C@H](OC(C)=O)[C@H](C)O1. The molecular weight excluding hydrogens is 256 g/mol. The molecule has 0 unspecified atom stereocenters. The summed E-state index contributed by atoms with van der Waals surface area (Å²) in [5, 5.41) is 0. The number of hydrogen-bond donors (Lipinski definition) is 0. The van der Waals surface area contributed by atoms with Crippen molar-refractivity contribution in [1.82, 2.24) is 0 Å². The summed E-state index contributed by atoms with van der Waals surface area (Å²) in [5.74, 6) is -1.49. The van der Waals surface area contributed by atoms with Gasteiger partial charge < -0.3 is 18.9 Å². The Labute approximate surface area is 111 Å². The maximum Gasteiger partial charge on any atom is 0.304 e. The van der Waals surface area contributed by atoms with Crippen molar-refractivity contribution in [1.29, 1.82) is 0 Å². The molecule has 0 aromatic carbocycles. The van der Waals surface area contributed by atoms with Gasteiger partial charge in [0.15, 0.2) is 6.10 Å². The summed E-state index contributed by atoms with van der Waals surface area (Å²) >= 11 is 0. The van der Waals surface area contributed by atoms with Crippen LogP contribution in [-0.2, 0) is 33.3 Å². The first kappa shape index (κ1) is 15.4. The van der Waals surface area contributed by atoms with Gasteiger partial charge in [-0.25, -0.2) is 0 Å². The van der Waals surface area contributed by atoms with E-state index in [1.165, 1.54) is 20.8 Å². The van der Waals surface area contributed by atoms with Crippen molar-refractivity contribution in [3.05, 3.63) is 0 Å². The highest BCUT2D eigenvalue weighted by Gasteiger charge is 2.42. The van der Waals surface area contributed by atoms with E-state index >= 15 is 0 Å². The third kappa shape index (κ3) is 4.86. The van der Waals surface area contributed by atoms with Crippen LogP contribution in [0.1, 0.15) is 34.1 Å². The summed E-state index contributed by atoms with van der Waals surface area (Å²) in [6.07, 6.45) is -2.65. The van der Waals surface area contributed by atoms with Crippen molar-refractivity contribution in [2.75, 3.05) is 0 Å². The van der Waals surface area contributed by atoms with Crippen LogP contribution in [-0.4, -0.2) is 42.5 Å². The minimum Gasteiger partial charge on any atom is -0.458 e. The molecule has 0 N–H and O–H groups in total. The van der Waals surface area contributed by atoms with Gasteiger partial charge in [-0.1, -0.05) is 0 Å². The summed E-state index contributed by atoms with van der Waals surface area (Å²) in [7, 11) is 0. The smallest absolute Gasteiger partial charge is 0.304 e. The third-order valence-electron chi connectivity index (χ3n) is 2.54. The lowest BCUT2D eigenvalue weighted by atomic mass is 10.0. The molecule has 0 amide bonds. The fourth-order valence-electron chi connectivity index (χ4n) is 1.95.